The molecule has 2 heteroatoms. The van der Waals surface area contributed by atoms with E-state index >= 15 is 0 Å². The lowest BCUT2D eigenvalue weighted by molar-refractivity contribution is 0.295. The average Bonchev–Trinajstić information content (AvgIpc) is 2.12. The second kappa shape index (κ2) is 4.71. The maximum Gasteiger partial charge on any atom is 0.127 e. The topological polar surface area (TPSA) is 9.23 Å². The number of halogens is 1. The monoisotopic (exact) mass is 224 g/mol. The number of hydrogen-bond acceptors (Lipinski definition) is 1. The summed E-state index contributed by atoms with van der Waals surface area (Å²) in [5, 5.41) is 0. The highest BCUT2D eigenvalue weighted by molar-refractivity contribution is 6.25. The molecule has 0 atom stereocenters. The molecule has 0 aromatic heterocycles. The van der Waals surface area contributed by atoms with Gasteiger partial charge in [-0.1, -0.05) is 44.5 Å². The van der Waals surface area contributed by atoms with Gasteiger partial charge in [0.2, 0.25) is 0 Å². The molecule has 82 valence electrons. The fourth-order valence-corrected chi connectivity index (χ4v) is 1.52. The summed E-state index contributed by atoms with van der Waals surface area (Å²) in [6, 6.07) is 7.93. The molecule has 0 heterocycles. The summed E-state index contributed by atoms with van der Waals surface area (Å²) in [5.74, 6) is 1.60. The quantitative estimate of drug-likeness (QED) is 0.672. The lowest BCUT2D eigenvalue weighted by Gasteiger charge is -2.22. The molecule has 0 amide bonds. The summed E-state index contributed by atoms with van der Waals surface area (Å²) in [6.07, 6.45) is 0. The number of rotatable bonds is 2. The van der Waals surface area contributed by atoms with Crippen molar-refractivity contribution in [1.82, 2.24) is 0 Å². The Bertz CT molecular complexity index is 361. The van der Waals surface area contributed by atoms with Crippen LogP contribution in [0.2, 0.25) is 0 Å². The summed E-state index contributed by atoms with van der Waals surface area (Å²) >= 11 is 5.75. The van der Waals surface area contributed by atoms with Crippen LogP contribution in [0.15, 0.2) is 35.6 Å². The molecule has 1 rings (SSSR count). The van der Waals surface area contributed by atoms with Crippen LogP contribution in [-0.2, 0) is 0 Å². The molecule has 0 aliphatic rings. The van der Waals surface area contributed by atoms with Gasteiger partial charge in [-0.3, -0.25) is 0 Å². The highest BCUT2D eigenvalue weighted by Gasteiger charge is 2.19. The van der Waals surface area contributed by atoms with Crippen LogP contribution in [0, 0.1) is 12.3 Å². The standard InChI is InChI=1S/C13H17ClO/c1-10-6-5-7-11(8-10)15-12(9-14)13(2,3)4/h5-9H,1-4H3. The van der Waals surface area contributed by atoms with Crippen molar-refractivity contribution in [2.75, 3.05) is 0 Å². The SMILES string of the molecule is Cc1cccc(OC(=CCl)C(C)(C)C)c1. The summed E-state index contributed by atoms with van der Waals surface area (Å²) in [4.78, 5) is 0. The zero-order valence-corrected chi connectivity index (χ0v) is 10.4. The van der Waals surface area contributed by atoms with E-state index in [2.05, 4.69) is 20.8 Å². The van der Waals surface area contributed by atoms with Gasteiger partial charge >= 0.3 is 0 Å². The van der Waals surface area contributed by atoms with E-state index in [1.165, 1.54) is 11.1 Å². The van der Waals surface area contributed by atoms with Crippen molar-refractivity contribution < 1.29 is 4.74 Å². The maximum atomic E-state index is 5.75. The van der Waals surface area contributed by atoms with Gasteiger partial charge in [0, 0.05) is 11.0 Å². The van der Waals surface area contributed by atoms with Gasteiger partial charge in [0.1, 0.15) is 11.5 Å². The number of allylic oxidation sites excluding steroid dienone is 1. The van der Waals surface area contributed by atoms with Crippen LogP contribution in [0.25, 0.3) is 0 Å². The molecule has 0 spiro atoms. The Morgan fingerprint density at radius 3 is 2.47 bits per heavy atom. The van der Waals surface area contributed by atoms with Crippen LogP contribution in [-0.4, -0.2) is 0 Å². The van der Waals surface area contributed by atoms with E-state index in [1.54, 1.807) is 0 Å². The molecule has 1 aromatic carbocycles. The largest absolute Gasteiger partial charge is 0.460 e. The fourth-order valence-electron chi connectivity index (χ4n) is 1.14. The molecular formula is C13H17ClO. The summed E-state index contributed by atoms with van der Waals surface area (Å²) in [7, 11) is 0. The Morgan fingerprint density at radius 1 is 1.33 bits per heavy atom. The Kier molecular flexibility index (Phi) is 3.81. The van der Waals surface area contributed by atoms with Gasteiger partial charge in [-0.25, -0.2) is 0 Å². The smallest absolute Gasteiger partial charge is 0.127 e. The molecule has 15 heavy (non-hydrogen) atoms. The van der Waals surface area contributed by atoms with E-state index in [1.807, 2.05) is 31.2 Å². The second-order valence-electron chi connectivity index (χ2n) is 4.64. The van der Waals surface area contributed by atoms with Gasteiger partial charge in [0.15, 0.2) is 0 Å². The van der Waals surface area contributed by atoms with Gasteiger partial charge in [-0.05, 0) is 24.6 Å². The maximum absolute atomic E-state index is 5.75. The summed E-state index contributed by atoms with van der Waals surface area (Å²) < 4.78 is 5.74. The third kappa shape index (κ3) is 3.60. The van der Waals surface area contributed by atoms with E-state index in [4.69, 9.17) is 16.3 Å². The van der Waals surface area contributed by atoms with Crippen LogP contribution < -0.4 is 4.74 Å². The second-order valence-corrected chi connectivity index (χ2v) is 4.86. The minimum Gasteiger partial charge on any atom is -0.460 e. The lowest BCUT2D eigenvalue weighted by Crippen LogP contribution is -2.14. The van der Waals surface area contributed by atoms with Gasteiger partial charge in [-0.2, -0.15) is 0 Å². The van der Waals surface area contributed by atoms with Gasteiger partial charge in [0.05, 0.1) is 0 Å². The van der Waals surface area contributed by atoms with E-state index in [0.29, 0.717) is 0 Å². The fraction of sp³-hybridized carbons (Fsp3) is 0.385. The van der Waals surface area contributed by atoms with Crippen LogP contribution in [0.1, 0.15) is 26.3 Å². The Hall–Kier alpha value is -0.950. The van der Waals surface area contributed by atoms with E-state index in [0.717, 1.165) is 11.5 Å². The number of benzene rings is 1. The van der Waals surface area contributed by atoms with Crippen molar-refractivity contribution in [3.63, 3.8) is 0 Å². The van der Waals surface area contributed by atoms with Crippen molar-refractivity contribution in [1.29, 1.82) is 0 Å². The van der Waals surface area contributed by atoms with Gasteiger partial charge in [-0.15, -0.1) is 0 Å². The molecule has 0 saturated heterocycles. The van der Waals surface area contributed by atoms with Crippen molar-refractivity contribution in [2.45, 2.75) is 27.7 Å². The zero-order chi connectivity index (χ0) is 11.5. The van der Waals surface area contributed by atoms with Crippen LogP contribution >= 0.6 is 11.6 Å². The van der Waals surface area contributed by atoms with E-state index in [-0.39, 0.29) is 5.41 Å². The normalized spacial score (nSPS) is 12.7. The number of hydrogen-bond donors (Lipinski definition) is 0. The Balaban J connectivity index is 2.86. The molecule has 1 nitrogen and oxygen atoms in total. The molecule has 0 aliphatic heterocycles. The number of ether oxygens (including phenoxy) is 1. The van der Waals surface area contributed by atoms with Crippen LogP contribution in [0.3, 0.4) is 0 Å². The first-order chi connectivity index (χ1) is 6.93. The summed E-state index contributed by atoms with van der Waals surface area (Å²) in [5.41, 5.74) is 2.60. The lowest BCUT2D eigenvalue weighted by atomic mass is 9.95. The Morgan fingerprint density at radius 2 is 2.00 bits per heavy atom. The van der Waals surface area contributed by atoms with Gasteiger partial charge in [0.25, 0.3) is 0 Å². The highest BCUT2D eigenvalue weighted by Crippen LogP contribution is 2.28. The van der Waals surface area contributed by atoms with Crippen molar-refractivity contribution in [2.24, 2.45) is 5.41 Å². The molecule has 0 bridgehead atoms. The molecule has 0 N–H and O–H groups in total. The molecule has 0 radical (unpaired) electrons. The van der Waals surface area contributed by atoms with Crippen molar-refractivity contribution in [3.05, 3.63) is 41.1 Å². The molecule has 0 unspecified atom stereocenters. The molecular weight excluding hydrogens is 208 g/mol. The first kappa shape index (κ1) is 12.1. The zero-order valence-electron chi connectivity index (χ0n) is 9.67. The third-order valence-electron chi connectivity index (χ3n) is 2.06. The first-order valence-corrected chi connectivity index (χ1v) is 5.42. The van der Waals surface area contributed by atoms with E-state index < -0.39 is 0 Å². The Labute approximate surface area is 96.7 Å². The highest BCUT2D eigenvalue weighted by atomic mass is 35.5. The van der Waals surface area contributed by atoms with Crippen molar-refractivity contribution in [3.8, 4) is 5.75 Å². The third-order valence-corrected chi connectivity index (χ3v) is 2.25. The summed E-state index contributed by atoms with van der Waals surface area (Å²) in [6.45, 7) is 8.24. The predicted molar refractivity (Wildman–Crippen MR) is 65.2 cm³/mol. The predicted octanol–water partition coefficient (Wildman–Crippen LogP) is 4.50. The average molecular weight is 225 g/mol. The molecule has 0 aliphatic carbocycles. The number of aryl methyl sites for hydroxylation is 1. The van der Waals surface area contributed by atoms with Crippen LogP contribution in [0.5, 0.6) is 5.75 Å². The van der Waals surface area contributed by atoms with E-state index in [9.17, 15) is 0 Å². The minimum absolute atomic E-state index is 0.0779. The first-order valence-electron chi connectivity index (χ1n) is 4.99. The minimum atomic E-state index is -0.0779. The van der Waals surface area contributed by atoms with Crippen LogP contribution in [0.4, 0.5) is 0 Å². The molecule has 0 saturated carbocycles. The molecule has 1 aromatic rings. The van der Waals surface area contributed by atoms with Gasteiger partial charge < -0.3 is 4.74 Å². The molecule has 0 fully saturated rings. The van der Waals surface area contributed by atoms with Crippen molar-refractivity contribution >= 4 is 11.6 Å².